The predicted molar refractivity (Wildman–Crippen MR) is 76.9 cm³/mol. The van der Waals surface area contributed by atoms with Gasteiger partial charge in [-0.1, -0.05) is 50.4 Å². The molecule has 1 N–H and O–H groups in total. The molecule has 1 fully saturated rings. The quantitative estimate of drug-likeness (QED) is 0.860. The Morgan fingerprint density at radius 3 is 2.84 bits per heavy atom. The molecular formula is C16H22ClFO. The average molecular weight is 285 g/mol. The minimum absolute atomic E-state index is 0.137. The molecule has 0 spiro atoms. The topological polar surface area (TPSA) is 20.2 Å². The maximum atomic E-state index is 14.0. The zero-order chi connectivity index (χ0) is 14.0. The van der Waals surface area contributed by atoms with Gasteiger partial charge < -0.3 is 5.11 Å². The Morgan fingerprint density at radius 2 is 2.16 bits per heavy atom. The summed E-state index contributed by atoms with van der Waals surface area (Å²) in [5.74, 6) is 0.262. The van der Waals surface area contributed by atoms with Gasteiger partial charge in [0.05, 0.1) is 10.6 Å². The van der Waals surface area contributed by atoms with Crippen LogP contribution in [0.25, 0.3) is 0 Å². The monoisotopic (exact) mass is 284 g/mol. The van der Waals surface area contributed by atoms with Gasteiger partial charge in [0, 0.05) is 6.42 Å². The molecule has 0 aliphatic heterocycles. The second-order valence-corrected chi connectivity index (χ2v) is 6.50. The fraction of sp³-hybridized carbons (Fsp3) is 0.625. The van der Waals surface area contributed by atoms with Crippen molar-refractivity contribution in [2.24, 2.45) is 11.8 Å². The normalized spacial score (nSPS) is 27.8. The number of rotatable bonds is 3. The van der Waals surface area contributed by atoms with Gasteiger partial charge in [0.25, 0.3) is 0 Å². The third-order valence-electron chi connectivity index (χ3n) is 4.40. The lowest BCUT2D eigenvalue weighted by Crippen LogP contribution is -2.45. The van der Waals surface area contributed by atoms with Crippen LogP contribution in [0.1, 0.15) is 45.1 Å². The van der Waals surface area contributed by atoms with E-state index in [0.29, 0.717) is 17.9 Å². The molecule has 0 amide bonds. The molecule has 0 heterocycles. The Morgan fingerprint density at radius 1 is 1.42 bits per heavy atom. The predicted octanol–water partition coefficient (Wildman–Crippen LogP) is 4.60. The molecule has 0 bridgehead atoms. The summed E-state index contributed by atoms with van der Waals surface area (Å²) in [5.41, 5.74) is -0.264. The van der Waals surface area contributed by atoms with Crippen LogP contribution >= 0.6 is 11.6 Å². The number of hydrogen-bond acceptors (Lipinski definition) is 1. The van der Waals surface area contributed by atoms with Crippen molar-refractivity contribution in [3.05, 3.63) is 34.6 Å². The van der Waals surface area contributed by atoms with Crippen molar-refractivity contribution in [2.75, 3.05) is 0 Å². The van der Waals surface area contributed by atoms with E-state index in [9.17, 15) is 9.50 Å². The molecule has 3 heteroatoms. The number of aliphatic hydroxyl groups is 1. The van der Waals surface area contributed by atoms with Gasteiger partial charge in [-0.2, -0.15) is 0 Å². The third-order valence-corrected chi connectivity index (χ3v) is 4.69. The molecule has 2 rings (SSSR count). The highest BCUT2D eigenvalue weighted by molar-refractivity contribution is 6.30. The van der Waals surface area contributed by atoms with Gasteiger partial charge in [0.2, 0.25) is 0 Å². The van der Waals surface area contributed by atoms with Crippen molar-refractivity contribution < 1.29 is 9.50 Å². The second-order valence-electron chi connectivity index (χ2n) is 6.09. The summed E-state index contributed by atoms with van der Waals surface area (Å²) in [6, 6.07) is 5.02. The van der Waals surface area contributed by atoms with Crippen molar-refractivity contribution in [2.45, 2.75) is 51.6 Å². The summed E-state index contributed by atoms with van der Waals surface area (Å²) in [6.07, 6.45) is 4.31. The van der Waals surface area contributed by atoms with Crippen molar-refractivity contribution in [3.63, 3.8) is 0 Å². The van der Waals surface area contributed by atoms with Gasteiger partial charge >= 0.3 is 0 Å². The largest absolute Gasteiger partial charge is 0.389 e. The summed E-state index contributed by atoms with van der Waals surface area (Å²) >= 11 is 5.82. The summed E-state index contributed by atoms with van der Waals surface area (Å²) in [4.78, 5) is 0. The van der Waals surface area contributed by atoms with Crippen molar-refractivity contribution >= 4 is 11.6 Å². The van der Waals surface area contributed by atoms with Gasteiger partial charge in [-0.15, -0.1) is 0 Å². The van der Waals surface area contributed by atoms with E-state index < -0.39 is 5.60 Å². The Labute approximate surface area is 119 Å². The van der Waals surface area contributed by atoms with Crippen LogP contribution < -0.4 is 0 Å². The van der Waals surface area contributed by atoms with Crippen LogP contribution in [0, 0.1) is 17.7 Å². The molecule has 1 aromatic rings. The van der Waals surface area contributed by atoms with Crippen LogP contribution in [0.5, 0.6) is 0 Å². The Hall–Kier alpha value is -0.600. The molecular weight excluding hydrogens is 263 g/mol. The lowest BCUT2D eigenvalue weighted by Gasteiger charge is -2.42. The summed E-state index contributed by atoms with van der Waals surface area (Å²) < 4.78 is 14.0. The molecule has 19 heavy (non-hydrogen) atoms. The zero-order valence-corrected chi connectivity index (χ0v) is 12.4. The summed E-state index contributed by atoms with van der Waals surface area (Å²) in [5, 5.41) is 11.1. The SMILES string of the molecule is CC(C)C1CCCCC1(O)Cc1cccc(Cl)c1F. The van der Waals surface area contributed by atoms with E-state index in [1.807, 2.05) is 0 Å². The third kappa shape index (κ3) is 3.11. The first-order valence-corrected chi connectivity index (χ1v) is 7.47. The Bertz CT molecular complexity index is 446. The first-order chi connectivity index (χ1) is 8.94. The van der Waals surface area contributed by atoms with Crippen LogP contribution in [0.3, 0.4) is 0 Å². The molecule has 0 saturated heterocycles. The van der Waals surface area contributed by atoms with Crippen LogP contribution in [0.4, 0.5) is 4.39 Å². The molecule has 1 nitrogen and oxygen atoms in total. The molecule has 2 atom stereocenters. The van der Waals surface area contributed by atoms with Gasteiger partial charge in [0.15, 0.2) is 0 Å². The van der Waals surface area contributed by atoms with E-state index in [1.54, 1.807) is 18.2 Å². The lowest BCUT2D eigenvalue weighted by atomic mass is 9.68. The highest BCUT2D eigenvalue weighted by Gasteiger charge is 2.40. The first kappa shape index (κ1) is 14.8. The number of hydrogen-bond donors (Lipinski definition) is 1. The smallest absolute Gasteiger partial charge is 0.145 e. The fourth-order valence-corrected chi connectivity index (χ4v) is 3.63. The van der Waals surface area contributed by atoms with E-state index in [1.165, 1.54) is 0 Å². The molecule has 1 aliphatic rings. The Kier molecular flexibility index (Phi) is 4.52. The van der Waals surface area contributed by atoms with Crippen molar-refractivity contribution in [1.29, 1.82) is 0 Å². The van der Waals surface area contributed by atoms with Crippen molar-refractivity contribution in [1.82, 2.24) is 0 Å². The molecule has 0 aromatic heterocycles. The van der Waals surface area contributed by atoms with Gasteiger partial charge in [0.1, 0.15) is 5.82 Å². The maximum absolute atomic E-state index is 14.0. The van der Waals surface area contributed by atoms with Gasteiger partial charge in [-0.05, 0) is 36.3 Å². The fourth-order valence-electron chi connectivity index (χ4n) is 3.44. The van der Waals surface area contributed by atoms with E-state index in [4.69, 9.17) is 11.6 Å². The van der Waals surface area contributed by atoms with E-state index in [2.05, 4.69) is 13.8 Å². The highest BCUT2D eigenvalue weighted by atomic mass is 35.5. The Balaban J connectivity index is 2.26. The maximum Gasteiger partial charge on any atom is 0.145 e. The van der Waals surface area contributed by atoms with Crippen LogP contribution in [-0.2, 0) is 6.42 Å². The molecule has 0 radical (unpaired) electrons. The van der Waals surface area contributed by atoms with Crippen LogP contribution in [0.2, 0.25) is 5.02 Å². The van der Waals surface area contributed by atoms with Crippen LogP contribution in [-0.4, -0.2) is 10.7 Å². The highest BCUT2D eigenvalue weighted by Crippen LogP contribution is 2.41. The summed E-state index contributed by atoms with van der Waals surface area (Å²) in [7, 11) is 0. The van der Waals surface area contributed by atoms with E-state index in [0.717, 1.165) is 25.7 Å². The van der Waals surface area contributed by atoms with E-state index >= 15 is 0 Å². The molecule has 2 unspecified atom stereocenters. The molecule has 1 aliphatic carbocycles. The standard InChI is InChI=1S/C16H22ClFO/c1-11(2)13-7-3-4-9-16(13,19)10-12-6-5-8-14(17)15(12)18/h5-6,8,11,13,19H,3-4,7,9-10H2,1-2H3. The second kappa shape index (κ2) is 5.80. The van der Waals surface area contributed by atoms with Crippen LogP contribution in [0.15, 0.2) is 18.2 Å². The summed E-state index contributed by atoms with van der Waals surface area (Å²) in [6.45, 7) is 4.27. The average Bonchev–Trinajstić information content (AvgIpc) is 2.35. The molecule has 1 saturated carbocycles. The number of benzene rings is 1. The first-order valence-electron chi connectivity index (χ1n) is 7.09. The van der Waals surface area contributed by atoms with Crippen molar-refractivity contribution in [3.8, 4) is 0 Å². The van der Waals surface area contributed by atoms with Gasteiger partial charge in [-0.25, -0.2) is 4.39 Å². The van der Waals surface area contributed by atoms with E-state index in [-0.39, 0.29) is 16.8 Å². The number of halogens is 2. The van der Waals surface area contributed by atoms with Gasteiger partial charge in [-0.3, -0.25) is 0 Å². The minimum Gasteiger partial charge on any atom is -0.389 e. The lowest BCUT2D eigenvalue weighted by molar-refractivity contribution is -0.0657. The molecule has 106 valence electrons. The molecule has 1 aromatic carbocycles. The minimum atomic E-state index is -0.794. The zero-order valence-electron chi connectivity index (χ0n) is 11.6.